The maximum atomic E-state index is 12.2. The minimum Gasteiger partial charge on any atom is -0.322 e. The van der Waals surface area contributed by atoms with Crippen molar-refractivity contribution in [2.75, 3.05) is 11.6 Å². The molecule has 0 saturated heterocycles. The summed E-state index contributed by atoms with van der Waals surface area (Å²) < 4.78 is 22.8. The van der Waals surface area contributed by atoms with Crippen molar-refractivity contribution in [3.05, 3.63) is 59.7 Å². The van der Waals surface area contributed by atoms with Crippen molar-refractivity contribution in [1.82, 2.24) is 0 Å². The highest BCUT2D eigenvalue weighted by Crippen LogP contribution is 2.15. The van der Waals surface area contributed by atoms with Gasteiger partial charge in [-0.15, -0.1) is 0 Å². The number of anilines is 1. The van der Waals surface area contributed by atoms with Crippen LogP contribution >= 0.6 is 0 Å². The van der Waals surface area contributed by atoms with Gasteiger partial charge in [-0.1, -0.05) is 25.5 Å². The third-order valence-corrected chi connectivity index (χ3v) is 4.70. The quantitative estimate of drug-likeness (QED) is 0.878. The van der Waals surface area contributed by atoms with Crippen molar-refractivity contribution in [1.29, 1.82) is 0 Å². The predicted molar refractivity (Wildman–Crippen MR) is 92.6 cm³/mol. The van der Waals surface area contributed by atoms with Gasteiger partial charge in [-0.2, -0.15) is 0 Å². The molecular weight excluding hydrogens is 310 g/mol. The molecule has 23 heavy (non-hydrogen) atoms. The van der Waals surface area contributed by atoms with Crippen molar-refractivity contribution >= 4 is 21.4 Å². The molecule has 0 radical (unpaired) electrons. The Kier molecular flexibility index (Phi) is 5.55. The van der Waals surface area contributed by atoms with Crippen LogP contribution in [0.5, 0.6) is 0 Å². The third-order valence-electron chi connectivity index (χ3n) is 3.58. The number of carbonyl (C=O) groups is 1. The lowest BCUT2D eigenvalue weighted by Gasteiger charge is -2.07. The molecule has 0 spiro atoms. The van der Waals surface area contributed by atoms with Crippen LogP contribution in [0, 0.1) is 0 Å². The van der Waals surface area contributed by atoms with Gasteiger partial charge in [0.25, 0.3) is 5.91 Å². The van der Waals surface area contributed by atoms with Gasteiger partial charge in [-0.25, -0.2) is 8.42 Å². The lowest BCUT2D eigenvalue weighted by atomic mass is 10.1. The fourth-order valence-electron chi connectivity index (χ4n) is 2.19. The van der Waals surface area contributed by atoms with E-state index < -0.39 is 9.84 Å². The number of aryl methyl sites for hydroxylation is 1. The molecule has 0 aromatic heterocycles. The van der Waals surface area contributed by atoms with Crippen LogP contribution in [0.15, 0.2) is 53.4 Å². The summed E-state index contributed by atoms with van der Waals surface area (Å²) in [5.41, 5.74) is 2.40. The van der Waals surface area contributed by atoms with Crippen LogP contribution in [-0.2, 0) is 16.3 Å². The lowest BCUT2D eigenvalue weighted by molar-refractivity contribution is 0.102. The predicted octanol–water partition coefficient (Wildman–Crippen LogP) is 3.69. The summed E-state index contributed by atoms with van der Waals surface area (Å²) in [5.74, 6) is -0.258. The van der Waals surface area contributed by atoms with Crippen LogP contribution in [0.3, 0.4) is 0 Å². The summed E-state index contributed by atoms with van der Waals surface area (Å²) in [6.07, 6.45) is 4.49. The molecule has 1 N–H and O–H groups in total. The second-order valence-corrected chi connectivity index (χ2v) is 7.57. The summed E-state index contributed by atoms with van der Waals surface area (Å²) in [6, 6.07) is 13.7. The number of unbranched alkanes of at least 4 members (excludes halogenated alkanes) is 1. The van der Waals surface area contributed by atoms with Crippen molar-refractivity contribution in [3.8, 4) is 0 Å². The van der Waals surface area contributed by atoms with Gasteiger partial charge in [-0.3, -0.25) is 4.79 Å². The molecule has 0 bridgehead atoms. The number of carbonyl (C=O) groups excluding carboxylic acids is 1. The summed E-state index contributed by atoms with van der Waals surface area (Å²) in [6.45, 7) is 2.16. The van der Waals surface area contributed by atoms with Crippen LogP contribution in [0.4, 0.5) is 5.69 Å². The SMILES string of the molecule is CCCCc1ccc(NC(=O)c2ccc(S(C)(=O)=O)cc2)cc1. The first-order valence-electron chi connectivity index (χ1n) is 7.60. The van der Waals surface area contributed by atoms with Gasteiger partial charge >= 0.3 is 0 Å². The molecule has 2 rings (SSSR count). The zero-order chi connectivity index (χ0) is 16.9. The number of hydrogen-bond donors (Lipinski definition) is 1. The summed E-state index contributed by atoms with van der Waals surface area (Å²) in [5, 5.41) is 2.81. The molecule has 0 atom stereocenters. The summed E-state index contributed by atoms with van der Waals surface area (Å²) in [7, 11) is -3.25. The molecule has 5 heteroatoms. The first-order chi connectivity index (χ1) is 10.9. The van der Waals surface area contributed by atoms with Crippen molar-refractivity contribution < 1.29 is 13.2 Å². The van der Waals surface area contributed by atoms with E-state index in [9.17, 15) is 13.2 Å². The van der Waals surface area contributed by atoms with E-state index >= 15 is 0 Å². The molecule has 0 aliphatic rings. The smallest absolute Gasteiger partial charge is 0.255 e. The second kappa shape index (κ2) is 7.42. The molecule has 4 nitrogen and oxygen atoms in total. The topological polar surface area (TPSA) is 63.2 Å². The van der Waals surface area contributed by atoms with Gasteiger partial charge in [0.2, 0.25) is 0 Å². The highest BCUT2D eigenvalue weighted by atomic mass is 32.2. The van der Waals surface area contributed by atoms with Crippen LogP contribution < -0.4 is 5.32 Å². The Morgan fingerprint density at radius 3 is 2.13 bits per heavy atom. The molecule has 2 aromatic rings. The standard InChI is InChI=1S/C18H21NO3S/c1-3-4-5-14-6-10-16(11-7-14)19-18(20)15-8-12-17(13-9-15)23(2,21)22/h6-13H,3-5H2,1-2H3,(H,19,20). The minimum absolute atomic E-state index is 0.203. The Balaban J connectivity index is 2.04. The Hall–Kier alpha value is -2.14. The fourth-order valence-corrected chi connectivity index (χ4v) is 2.82. The lowest BCUT2D eigenvalue weighted by Crippen LogP contribution is -2.12. The average molecular weight is 331 g/mol. The molecule has 0 aliphatic carbocycles. The second-order valence-electron chi connectivity index (χ2n) is 5.55. The summed E-state index contributed by atoms with van der Waals surface area (Å²) >= 11 is 0. The Bertz CT molecular complexity index is 763. The Morgan fingerprint density at radius 1 is 1.00 bits per heavy atom. The van der Waals surface area contributed by atoms with Gasteiger partial charge < -0.3 is 5.32 Å². The molecule has 2 aromatic carbocycles. The van der Waals surface area contributed by atoms with Crippen LogP contribution in [0.1, 0.15) is 35.7 Å². The van der Waals surface area contributed by atoms with Crippen molar-refractivity contribution in [2.24, 2.45) is 0 Å². The van der Waals surface area contributed by atoms with Crippen LogP contribution in [-0.4, -0.2) is 20.6 Å². The molecule has 122 valence electrons. The van der Waals surface area contributed by atoms with E-state index in [1.807, 2.05) is 24.3 Å². The maximum absolute atomic E-state index is 12.2. The number of amides is 1. The third kappa shape index (κ3) is 4.93. The zero-order valence-electron chi connectivity index (χ0n) is 13.4. The minimum atomic E-state index is -3.25. The largest absolute Gasteiger partial charge is 0.322 e. The Labute approximate surface area is 137 Å². The van der Waals surface area contributed by atoms with Gasteiger partial charge in [0.05, 0.1) is 4.90 Å². The summed E-state index contributed by atoms with van der Waals surface area (Å²) in [4.78, 5) is 12.4. The number of benzene rings is 2. The van der Waals surface area contributed by atoms with Crippen molar-refractivity contribution in [3.63, 3.8) is 0 Å². The molecule has 0 heterocycles. The highest BCUT2D eigenvalue weighted by molar-refractivity contribution is 7.90. The van der Waals surface area contributed by atoms with E-state index in [0.717, 1.165) is 31.2 Å². The van der Waals surface area contributed by atoms with Gasteiger partial charge in [-0.05, 0) is 54.8 Å². The Morgan fingerprint density at radius 2 is 1.61 bits per heavy atom. The maximum Gasteiger partial charge on any atom is 0.255 e. The van der Waals surface area contributed by atoms with E-state index in [0.29, 0.717) is 5.56 Å². The molecule has 0 aliphatic heterocycles. The number of hydrogen-bond acceptors (Lipinski definition) is 3. The fraction of sp³-hybridized carbons (Fsp3) is 0.278. The molecule has 0 saturated carbocycles. The number of rotatable bonds is 6. The number of nitrogens with one attached hydrogen (secondary N) is 1. The molecule has 1 amide bonds. The van der Waals surface area contributed by atoms with Crippen LogP contribution in [0.2, 0.25) is 0 Å². The average Bonchev–Trinajstić information content (AvgIpc) is 2.53. The first-order valence-corrected chi connectivity index (χ1v) is 9.49. The van der Waals surface area contributed by atoms with E-state index in [1.165, 1.54) is 29.8 Å². The van der Waals surface area contributed by atoms with E-state index in [2.05, 4.69) is 12.2 Å². The molecule has 0 unspecified atom stereocenters. The van der Waals surface area contributed by atoms with Gasteiger partial charge in [0.15, 0.2) is 9.84 Å². The highest BCUT2D eigenvalue weighted by Gasteiger charge is 2.10. The van der Waals surface area contributed by atoms with Crippen LogP contribution in [0.25, 0.3) is 0 Å². The van der Waals surface area contributed by atoms with Crippen molar-refractivity contribution in [2.45, 2.75) is 31.1 Å². The van der Waals surface area contributed by atoms with E-state index in [4.69, 9.17) is 0 Å². The van der Waals surface area contributed by atoms with E-state index in [-0.39, 0.29) is 10.8 Å². The normalized spacial score (nSPS) is 11.2. The van der Waals surface area contributed by atoms with Gasteiger partial charge in [0, 0.05) is 17.5 Å². The zero-order valence-corrected chi connectivity index (χ0v) is 14.2. The van der Waals surface area contributed by atoms with E-state index in [1.54, 1.807) is 0 Å². The molecular formula is C18H21NO3S. The first kappa shape index (κ1) is 17.2. The number of sulfone groups is 1. The molecule has 0 fully saturated rings. The monoisotopic (exact) mass is 331 g/mol. The van der Waals surface area contributed by atoms with Gasteiger partial charge in [0.1, 0.15) is 0 Å².